The minimum atomic E-state index is -3.91. The van der Waals surface area contributed by atoms with Gasteiger partial charge in [0, 0.05) is 6.04 Å². The van der Waals surface area contributed by atoms with Crippen LogP contribution >= 0.6 is 0 Å². The summed E-state index contributed by atoms with van der Waals surface area (Å²) in [4.78, 5) is 24.5. The number of carbonyl (C=O) groups excluding carboxylic acids is 2. The van der Waals surface area contributed by atoms with Gasteiger partial charge in [-0.2, -0.15) is 0 Å². The number of sulfonamides is 1. The standard InChI is InChI=1S/C16H18N2O4S/c19-15(17-13-8-10-5-6-11(13)7-10)9-18-16(20)12-3-1-2-4-14(12)23(18,21)22/h1-4,10-11,13H,5-9H2,(H,17,19)/t10-,11-,13+/m1/s1. The van der Waals surface area contributed by atoms with Gasteiger partial charge in [0.25, 0.3) is 15.9 Å². The first-order valence-corrected chi connectivity index (χ1v) is 9.36. The van der Waals surface area contributed by atoms with Crippen LogP contribution in [0.15, 0.2) is 29.2 Å². The van der Waals surface area contributed by atoms with Crippen LogP contribution in [0.5, 0.6) is 0 Å². The molecule has 1 aromatic carbocycles. The van der Waals surface area contributed by atoms with Gasteiger partial charge in [0.15, 0.2) is 0 Å². The summed E-state index contributed by atoms with van der Waals surface area (Å²) >= 11 is 0. The molecule has 7 heteroatoms. The smallest absolute Gasteiger partial charge is 0.269 e. The molecule has 0 saturated heterocycles. The van der Waals surface area contributed by atoms with E-state index < -0.39 is 28.4 Å². The number of rotatable bonds is 3. The zero-order valence-corrected chi connectivity index (χ0v) is 13.4. The number of fused-ring (bicyclic) bond motifs is 3. The Morgan fingerprint density at radius 1 is 1.22 bits per heavy atom. The minimum absolute atomic E-state index is 0.0160. The fourth-order valence-corrected chi connectivity index (χ4v) is 5.72. The molecule has 122 valence electrons. The van der Waals surface area contributed by atoms with Crippen LogP contribution in [-0.4, -0.2) is 37.1 Å². The number of nitrogens with one attached hydrogen (secondary N) is 1. The Balaban J connectivity index is 1.49. The molecule has 0 aromatic heterocycles. The molecule has 3 atom stereocenters. The second-order valence-electron chi connectivity index (χ2n) is 6.66. The minimum Gasteiger partial charge on any atom is -0.352 e. The molecule has 1 aromatic rings. The molecule has 0 unspecified atom stereocenters. The summed E-state index contributed by atoms with van der Waals surface area (Å²) in [5.74, 6) is 0.176. The molecule has 1 heterocycles. The number of carbonyl (C=O) groups is 2. The zero-order chi connectivity index (χ0) is 16.2. The quantitative estimate of drug-likeness (QED) is 0.898. The predicted molar refractivity (Wildman–Crippen MR) is 82.0 cm³/mol. The van der Waals surface area contributed by atoms with E-state index in [9.17, 15) is 18.0 Å². The average molecular weight is 334 g/mol. The van der Waals surface area contributed by atoms with E-state index in [0.717, 1.165) is 19.3 Å². The summed E-state index contributed by atoms with van der Waals surface area (Å²) in [6.07, 6.45) is 4.47. The van der Waals surface area contributed by atoms with Crippen molar-refractivity contribution in [2.24, 2.45) is 11.8 Å². The highest BCUT2D eigenvalue weighted by atomic mass is 32.2. The van der Waals surface area contributed by atoms with E-state index in [1.807, 2.05) is 0 Å². The highest BCUT2D eigenvalue weighted by Crippen LogP contribution is 2.44. The van der Waals surface area contributed by atoms with Crippen molar-refractivity contribution >= 4 is 21.8 Å². The molecule has 3 aliphatic rings. The molecule has 23 heavy (non-hydrogen) atoms. The maximum absolute atomic E-state index is 12.4. The molecular weight excluding hydrogens is 316 g/mol. The van der Waals surface area contributed by atoms with E-state index in [2.05, 4.69) is 5.32 Å². The Bertz CT molecular complexity index is 789. The summed E-state index contributed by atoms with van der Waals surface area (Å²) in [7, 11) is -3.91. The fraction of sp³-hybridized carbons (Fsp3) is 0.500. The average Bonchev–Trinajstić information content (AvgIpc) is 3.18. The van der Waals surface area contributed by atoms with Crippen molar-refractivity contribution in [1.29, 1.82) is 0 Å². The maximum Gasteiger partial charge on any atom is 0.269 e. The maximum atomic E-state index is 12.4. The Morgan fingerprint density at radius 2 is 2.00 bits per heavy atom. The van der Waals surface area contributed by atoms with Crippen LogP contribution in [0.4, 0.5) is 0 Å². The van der Waals surface area contributed by atoms with Gasteiger partial charge >= 0.3 is 0 Å². The molecule has 0 radical (unpaired) electrons. The van der Waals surface area contributed by atoms with Gasteiger partial charge in [0.1, 0.15) is 11.4 Å². The number of hydrogen-bond acceptors (Lipinski definition) is 4. The molecule has 1 N–H and O–H groups in total. The monoisotopic (exact) mass is 334 g/mol. The first-order chi connectivity index (χ1) is 11.0. The van der Waals surface area contributed by atoms with Crippen LogP contribution < -0.4 is 5.32 Å². The van der Waals surface area contributed by atoms with Crippen molar-refractivity contribution in [2.75, 3.05) is 6.54 Å². The lowest BCUT2D eigenvalue weighted by Gasteiger charge is -2.24. The number of hydrogen-bond donors (Lipinski definition) is 1. The second-order valence-corrected chi connectivity index (χ2v) is 8.49. The molecule has 2 bridgehead atoms. The predicted octanol–water partition coefficient (Wildman–Crippen LogP) is 1.14. The van der Waals surface area contributed by atoms with E-state index in [0.29, 0.717) is 16.1 Å². The highest BCUT2D eigenvalue weighted by molar-refractivity contribution is 7.90. The first-order valence-electron chi connectivity index (χ1n) is 7.92. The Labute approximate surface area is 134 Å². The van der Waals surface area contributed by atoms with Crippen LogP contribution in [-0.2, 0) is 14.8 Å². The van der Waals surface area contributed by atoms with Gasteiger partial charge in [-0.3, -0.25) is 9.59 Å². The van der Waals surface area contributed by atoms with Crippen molar-refractivity contribution in [3.8, 4) is 0 Å². The van der Waals surface area contributed by atoms with Gasteiger partial charge in [0.05, 0.1) is 5.56 Å². The van der Waals surface area contributed by atoms with Gasteiger partial charge in [-0.05, 0) is 43.2 Å². The fourth-order valence-electron chi connectivity index (χ4n) is 4.19. The SMILES string of the molecule is O=C(CN1C(=O)c2ccccc2S1(=O)=O)N[C@H]1C[C@@H]2CC[C@@H]1C2. The lowest BCUT2D eigenvalue weighted by Crippen LogP contribution is -2.45. The Hall–Kier alpha value is -1.89. The van der Waals surface area contributed by atoms with E-state index in [4.69, 9.17) is 0 Å². The molecule has 6 nitrogen and oxygen atoms in total. The van der Waals surface area contributed by atoms with E-state index in [1.165, 1.54) is 18.6 Å². The molecule has 1 aliphatic heterocycles. The number of benzene rings is 1. The molecule has 2 amide bonds. The molecule has 2 saturated carbocycles. The van der Waals surface area contributed by atoms with Crippen LogP contribution in [0.25, 0.3) is 0 Å². The summed E-state index contributed by atoms with van der Waals surface area (Å²) in [6, 6.07) is 6.19. The Kier molecular flexibility index (Phi) is 3.23. The van der Waals surface area contributed by atoms with E-state index in [1.54, 1.807) is 12.1 Å². The zero-order valence-electron chi connectivity index (χ0n) is 12.6. The summed E-state index contributed by atoms with van der Waals surface area (Å²) < 4.78 is 25.5. The lowest BCUT2D eigenvalue weighted by molar-refractivity contribution is -0.122. The van der Waals surface area contributed by atoms with Crippen molar-refractivity contribution in [2.45, 2.75) is 36.6 Å². The van der Waals surface area contributed by atoms with E-state index in [-0.39, 0.29) is 16.5 Å². The van der Waals surface area contributed by atoms with Crippen molar-refractivity contribution in [1.82, 2.24) is 9.62 Å². The van der Waals surface area contributed by atoms with Crippen molar-refractivity contribution in [3.05, 3.63) is 29.8 Å². The topological polar surface area (TPSA) is 83.6 Å². The van der Waals surface area contributed by atoms with Crippen LogP contribution in [0.1, 0.15) is 36.0 Å². The molecule has 2 aliphatic carbocycles. The molecule has 2 fully saturated rings. The third kappa shape index (κ3) is 2.25. The van der Waals surface area contributed by atoms with Crippen LogP contribution in [0, 0.1) is 11.8 Å². The summed E-state index contributed by atoms with van der Waals surface area (Å²) in [5.41, 5.74) is 0.139. The second kappa shape index (κ2) is 5.06. The first kappa shape index (κ1) is 14.7. The highest BCUT2D eigenvalue weighted by Gasteiger charge is 2.43. The van der Waals surface area contributed by atoms with Crippen molar-refractivity contribution < 1.29 is 18.0 Å². The summed E-state index contributed by atoms with van der Waals surface area (Å²) in [5, 5.41) is 2.93. The van der Waals surface area contributed by atoms with Gasteiger partial charge < -0.3 is 5.32 Å². The Morgan fingerprint density at radius 3 is 2.65 bits per heavy atom. The number of amides is 2. The number of nitrogens with zero attached hydrogens (tertiary/aromatic N) is 1. The van der Waals surface area contributed by atoms with Gasteiger partial charge in [-0.1, -0.05) is 18.6 Å². The lowest BCUT2D eigenvalue weighted by atomic mass is 9.95. The normalized spacial score (nSPS) is 30.5. The van der Waals surface area contributed by atoms with Crippen molar-refractivity contribution in [3.63, 3.8) is 0 Å². The molecule has 4 rings (SSSR count). The summed E-state index contributed by atoms with van der Waals surface area (Å²) in [6.45, 7) is -0.441. The van der Waals surface area contributed by atoms with Gasteiger partial charge in [-0.25, -0.2) is 12.7 Å². The third-order valence-electron chi connectivity index (χ3n) is 5.28. The van der Waals surface area contributed by atoms with Crippen LogP contribution in [0.2, 0.25) is 0 Å². The van der Waals surface area contributed by atoms with Gasteiger partial charge in [0.2, 0.25) is 5.91 Å². The molecule has 0 spiro atoms. The van der Waals surface area contributed by atoms with Crippen LogP contribution in [0.3, 0.4) is 0 Å². The third-order valence-corrected chi connectivity index (χ3v) is 7.07. The van der Waals surface area contributed by atoms with E-state index >= 15 is 0 Å². The van der Waals surface area contributed by atoms with Gasteiger partial charge in [-0.15, -0.1) is 0 Å². The molecular formula is C16H18N2O4S. The largest absolute Gasteiger partial charge is 0.352 e.